The lowest BCUT2D eigenvalue weighted by molar-refractivity contribution is -0.132. The molecule has 1 saturated heterocycles. The number of thioether (sulfide) groups is 1. The van der Waals surface area contributed by atoms with E-state index in [-0.39, 0.29) is 5.91 Å². The van der Waals surface area contributed by atoms with Crippen LogP contribution in [0.4, 0.5) is 0 Å². The summed E-state index contributed by atoms with van der Waals surface area (Å²) in [5, 5.41) is 9.03. The fourth-order valence-electron chi connectivity index (χ4n) is 2.31. The van der Waals surface area contributed by atoms with Crippen molar-refractivity contribution in [3.8, 4) is 11.6 Å². The van der Waals surface area contributed by atoms with Crippen LogP contribution in [0.15, 0.2) is 40.6 Å². The maximum absolute atomic E-state index is 12.2. The van der Waals surface area contributed by atoms with Gasteiger partial charge < -0.3 is 14.1 Å². The highest BCUT2D eigenvalue weighted by Crippen LogP contribution is 2.24. The average molecular weight is 334 g/mol. The largest absolute Gasteiger partial charge is 0.461 e. The Morgan fingerprint density at radius 3 is 2.91 bits per heavy atom. The molecule has 0 saturated carbocycles. The van der Waals surface area contributed by atoms with E-state index in [2.05, 4.69) is 16.8 Å². The van der Waals surface area contributed by atoms with E-state index >= 15 is 0 Å². The van der Waals surface area contributed by atoms with Gasteiger partial charge in [0.2, 0.25) is 11.7 Å². The number of carbonyl (C=O) groups excluding carboxylic acids is 1. The topological polar surface area (TPSA) is 73.4 Å². The molecule has 3 rings (SSSR count). The van der Waals surface area contributed by atoms with Crippen LogP contribution >= 0.6 is 11.8 Å². The quantitative estimate of drug-likeness (QED) is 0.591. The molecular formula is C15H18N4O3S. The first-order valence-corrected chi connectivity index (χ1v) is 8.34. The number of morpholine rings is 1. The molecule has 1 fully saturated rings. The molecule has 0 bridgehead atoms. The van der Waals surface area contributed by atoms with Crippen LogP contribution in [0.2, 0.25) is 0 Å². The molecule has 3 heterocycles. The van der Waals surface area contributed by atoms with Gasteiger partial charge in [-0.1, -0.05) is 17.8 Å². The third-order valence-corrected chi connectivity index (χ3v) is 4.41. The minimum atomic E-state index is 0.0889. The minimum Gasteiger partial charge on any atom is -0.461 e. The highest BCUT2D eigenvalue weighted by molar-refractivity contribution is 7.99. The van der Waals surface area contributed by atoms with Gasteiger partial charge in [-0.3, -0.25) is 9.36 Å². The van der Waals surface area contributed by atoms with Gasteiger partial charge in [0.05, 0.1) is 25.2 Å². The molecule has 23 heavy (non-hydrogen) atoms. The van der Waals surface area contributed by atoms with Gasteiger partial charge in [-0.15, -0.1) is 16.8 Å². The van der Waals surface area contributed by atoms with Gasteiger partial charge in [-0.25, -0.2) is 0 Å². The summed E-state index contributed by atoms with van der Waals surface area (Å²) < 4.78 is 12.5. The fourth-order valence-corrected chi connectivity index (χ4v) is 3.16. The zero-order valence-corrected chi connectivity index (χ0v) is 13.5. The average Bonchev–Trinajstić information content (AvgIpc) is 3.23. The Balaban J connectivity index is 1.70. The molecule has 0 aliphatic carbocycles. The summed E-state index contributed by atoms with van der Waals surface area (Å²) in [6.45, 7) is 6.82. The molecule has 0 unspecified atom stereocenters. The van der Waals surface area contributed by atoms with E-state index in [4.69, 9.17) is 9.15 Å². The number of amides is 1. The monoisotopic (exact) mass is 334 g/mol. The van der Waals surface area contributed by atoms with Crippen molar-refractivity contribution in [2.24, 2.45) is 0 Å². The molecule has 0 aromatic carbocycles. The van der Waals surface area contributed by atoms with Crippen molar-refractivity contribution in [1.29, 1.82) is 0 Å². The standard InChI is InChI=1S/C15H18N4O3S/c1-2-5-19-14(12-4-3-8-22-12)16-17-15(19)23-11-13(20)18-6-9-21-10-7-18/h2-4,8H,1,5-7,9-11H2. The minimum absolute atomic E-state index is 0.0889. The van der Waals surface area contributed by atoms with Crippen LogP contribution in [-0.2, 0) is 16.1 Å². The van der Waals surface area contributed by atoms with Gasteiger partial charge in [0, 0.05) is 19.6 Å². The lowest BCUT2D eigenvalue weighted by Crippen LogP contribution is -2.41. The Morgan fingerprint density at radius 1 is 1.39 bits per heavy atom. The Hall–Kier alpha value is -2.06. The van der Waals surface area contributed by atoms with Crippen molar-refractivity contribution in [3.05, 3.63) is 31.1 Å². The molecular weight excluding hydrogens is 316 g/mol. The van der Waals surface area contributed by atoms with Crippen molar-refractivity contribution in [3.63, 3.8) is 0 Å². The summed E-state index contributed by atoms with van der Waals surface area (Å²) in [5.41, 5.74) is 0. The van der Waals surface area contributed by atoms with Gasteiger partial charge in [0.15, 0.2) is 10.9 Å². The molecule has 2 aromatic heterocycles. The van der Waals surface area contributed by atoms with E-state index in [0.29, 0.717) is 55.3 Å². The molecule has 2 aromatic rings. The van der Waals surface area contributed by atoms with E-state index in [1.54, 1.807) is 18.4 Å². The van der Waals surface area contributed by atoms with Crippen LogP contribution in [0.25, 0.3) is 11.6 Å². The van der Waals surface area contributed by atoms with Crippen LogP contribution in [0.5, 0.6) is 0 Å². The number of furan rings is 1. The van der Waals surface area contributed by atoms with E-state index in [1.165, 1.54) is 11.8 Å². The van der Waals surface area contributed by atoms with Crippen LogP contribution in [0, 0.1) is 0 Å². The summed E-state index contributed by atoms with van der Waals surface area (Å²) in [6, 6.07) is 3.63. The molecule has 0 spiro atoms. The molecule has 1 aliphatic rings. The Labute approximate surface area is 138 Å². The normalized spacial score (nSPS) is 14.9. The Morgan fingerprint density at radius 2 is 2.22 bits per heavy atom. The van der Waals surface area contributed by atoms with Gasteiger partial charge >= 0.3 is 0 Å². The lowest BCUT2D eigenvalue weighted by atomic mass is 10.4. The van der Waals surface area contributed by atoms with Gasteiger partial charge in [-0.05, 0) is 12.1 Å². The van der Waals surface area contributed by atoms with Crippen molar-refractivity contribution in [2.75, 3.05) is 32.1 Å². The SMILES string of the molecule is C=CCn1c(SCC(=O)N2CCOCC2)nnc1-c1ccco1. The summed E-state index contributed by atoms with van der Waals surface area (Å²) in [7, 11) is 0. The summed E-state index contributed by atoms with van der Waals surface area (Å²) >= 11 is 1.37. The van der Waals surface area contributed by atoms with E-state index < -0.39 is 0 Å². The molecule has 1 aliphatic heterocycles. The maximum Gasteiger partial charge on any atom is 0.233 e. The van der Waals surface area contributed by atoms with Crippen LogP contribution in [-0.4, -0.2) is 57.6 Å². The second-order valence-corrected chi connectivity index (χ2v) is 5.91. The maximum atomic E-state index is 12.2. The zero-order valence-electron chi connectivity index (χ0n) is 12.7. The van der Waals surface area contributed by atoms with E-state index in [0.717, 1.165) is 0 Å². The third kappa shape index (κ3) is 3.65. The second-order valence-electron chi connectivity index (χ2n) is 4.96. The lowest BCUT2D eigenvalue weighted by Gasteiger charge is -2.26. The third-order valence-electron chi connectivity index (χ3n) is 3.46. The van der Waals surface area contributed by atoms with Gasteiger partial charge in [-0.2, -0.15) is 0 Å². The number of aromatic nitrogens is 3. The number of ether oxygens (including phenoxy) is 1. The summed E-state index contributed by atoms with van der Waals surface area (Å²) in [6.07, 6.45) is 3.36. The van der Waals surface area contributed by atoms with Gasteiger partial charge in [0.1, 0.15) is 0 Å². The Kier molecular flexibility index (Phi) is 5.14. The number of nitrogens with zero attached hydrogens (tertiary/aromatic N) is 4. The molecule has 7 nitrogen and oxygen atoms in total. The van der Waals surface area contributed by atoms with Crippen molar-refractivity contribution in [2.45, 2.75) is 11.7 Å². The first-order valence-electron chi connectivity index (χ1n) is 7.36. The first kappa shape index (κ1) is 15.8. The van der Waals surface area contributed by atoms with Crippen LogP contribution in [0.1, 0.15) is 0 Å². The van der Waals surface area contributed by atoms with E-state index in [9.17, 15) is 4.79 Å². The van der Waals surface area contributed by atoms with Crippen molar-refractivity contribution < 1.29 is 13.9 Å². The number of hydrogen-bond acceptors (Lipinski definition) is 6. The number of carbonyl (C=O) groups is 1. The zero-order chi connectivity index (χ0) is 16.1. The van der Waals surface area contributed by atoms with Crippen molar-refractivity contribution in [1.82, 2.24) is 19.7 Å². The summed E-state index contributed by atoms with van der Waals surface area (Å²) in [4.78, 5) is 14.0. The van der Waals surface area contributed by atoms with E-state index in [1.807, 2.05) is 15.5 Å². The highest BCUT2D eigenvalue weighted by atomic mass is 32.2. The van der Waals surface area contributed by atoms with Gasteiger partial charge in [0.25, 0.3) is 0 Å². The smallest absolute Gasteiger partial charge is 0.233 e. The molecule has 0 atom stereocenters. The second kappa shape index (κ2) is 7.47. The Bertz CT molecular complexity index is 662. The summed E-state index contributed by atoms with van der Waals surface area (Å²) in [5.74, 6) is 1.70. The molecule has 1 amide bonds. The fraction of sp³-hybridized carbons (Fsp3) is 0.400. The predicted molar refractivity (Wildman–Crippen MR) is 86.0 cm³/mol. The number of rotatable bonds is 6. The molecule has 0 N–H and O–H groups in total. The van der Waals surface area contributed by atoms with Crippen LogP contribution < -0.4 is 0 Å². The molecule has 0 radical (unpaired) electrons. The highest BCUT2D eigenvalue weighted by Gasteiger charge is 2.20. The predicted octanol–water partition coefficient (Wildman–Crippen LogP) is 1.68. The molecule has 122 valence electrons. The first-order chi connectivity index (χ1) is 11.3. The van der Waals surface area contributed by atoms with Crippen LogP contribution in [0.3, 0.4) is 0 Å². The molecule has 8 heteroatoms. The number of allylic oxidation sites excluding steroid dienone is 1. The van der Waals surface area contributed by atoms with Crippen molar-refractivity contribution >= 4 is 17.7 Å². The number of hydrogen-bond donors (Lipinski definition) is 0.